The first-order valence-electron chi connectivity index (χ1n) is 6.96. The predicted molar refractivity (Wildman–Crippen MR) is 76.7 cm³/mol. The van der Waals surface area contributed by atoms with E-state index in [1.165, 1.54) is 12.7 Å². The van der Waals surface area contributed by atoms with Gasteiger partial charge in [-0.3, -0.25) is 4.79 Å². The van der Waals surface area contributed by atoms with Crippen LogP contribution in [0.2, 0.25) is 0 Å². The molecule has 2 unspecified atom stereocenters. The maximum atomic E-state index is 12.0. The molecule has 0 fully saturated rings. The van der Waals surface area contributed by atoms with Gasteiger partial charge in [-0.2, -0.15) is 0 Å². The highest BCUT2D eigenvalue weighted by Crippen LogP contribution is 2.35. The van der Waals surface area contributed by atoms with Gasteiger partial charge in [0.05, 0.1) is 19.3 Å². The fourth-order valence-corrected chi connectivity index (χ4v) is 2.45. The Kier molecular flexibility index (Phi) is 4.98. The number of ether oxygens (including phenoxy) is 2. The third-order valence-corrected chi connectivity index (χ3v) is 3.54. The number of methoxy groups -OCH3 is 1. The smallest absolute Gasteiger partial charge is 0.239 e. The molecule has 1 aromatic rings. The van der Waals surface area contributed by atoms with Crippen LogP contribution in [0.5, 0.6) is 5.75 Å². The summed E-state index contributed by atoms with van der Waals surface area (Å²) in [6, 6.07) is 5.38. The number of nitrogens with two attached hydrogens (primary N) is 1. The second-order valence-electron chi connectivity index (χ2n) is 4.95. The molecule has 1 aliphatic rings. The van der Waals surface area contributed by atoms with Crippen molar-refractivity contribution in [1.82, 2.24) is 5.32 Å². The molecule has 110 valence electrons. The van der Waals surface area contributed by atoms with E-state index < -0.39 is 6.04 Å². The first-order valence-corrected chi connectivity index (χ1v) is 6.96. The Morgan fingerprint density at radius 1 is 1.60 bits per heavy atom. The monoisotopic (exact) mass is 278 g/mol. The molecule has 1 aliphatic heterocycles. The molecule has 3 N–H and O–H groups in total. The summed E-state index contributed by atoms with van der Waals surface area (Å²) >= 11 is 0. The highest BCUT2D eigenvalue weighted by atomic mass is 16.5. The van der Waals surface area contributed by atoms with Crippen molar-refractivity contribution in [2.24, 2.45) is 5.73 Å². The van der Waals surface area contributed by atoms with Crippen LogP contribution < -0.4 is 15.8 Å². The van der Waals surface area contributed by atoms with Gasteiger partial charge in [0.15, 0.2) is 0 Å². The van der Waals surface area contributed by atoms with Gasteiger partial charge in [0.2, 0.25) is 5.91 Å². The lowest BCUT2D eigenvalue weighted by atomic mass is 9.96. The molecule has 0 aliphatic carbocycles. The van der Waals surface area contributed by atoms with Crippen LogP contribution in [0, 0.1) is 0 Å². The standard InChI is InChI=1S/C15H22N2O3/c1-3-10-5-4-6-11-13(7-8-20-14(10)11)17-15(18)12(16)9-19-2/h4-6,12-13H,3,7-9,16H2,1-2H3,(H,17,18). The van der Waals surface area contributed by atoms with Crippen LogP contribution >= 0.6 is 0 Å². The molecule has 20 heavy (non-hydrogen) atoms. The van der Waals surface area contributed by atoms with E-state index in [2.05, 4.69) is 18.3 Å². The van der Waals surface area contributed by atoms with Crippen molar-refractivity contribution < 1.29 is 14.3 Å². The van der Waals surface area contributed by atoms with Crippen LogP contribution in [0.25, 0.3) is 0 Å². The first-order chi connectivity index (χ1) is 9.67. The fraction of sp³-hybridized carbons (Fsp3) is 0.533. The maximum absolute atomic E-state index is 12.0. The van der Waals surface area contributed by atoms with E-state index in [1.54, 1.807) is 0 Å². The quantitative estimate of drug-likeness (QED) is 0.847. The van der Waals surface area contributed by atoms with Crippen molar-refractivity contribution in [1.29, 1.82) is 0 Å². The van der Waals surface area contributed by atoms with Gasteiger partial charge in [-0.05, 0) is 12.0 Å². The van der Waals surface area contributed by atoms with E-state index in [0.717, 1.165) is 24.2 Å². The third-order valence-electron chi connectivity index (χ3n) is 3.54. The minimum Gasteiger partial charge on any atom is -0.493 e. The Hall–Kier alpha value is -1.59. The minimum atomic E-state index is -0.638. The van der Waals surface area contributed by atoms with Gasteiger partial charge in [0.1, 0.15) is 11.8 Å². The van der Waals surface area contributed by atoms with Crippen molar-refractivity contribution in [3.63, 3.8) is 0 Å². The van der Waals surface area contributed by atoms with Crippen LogP contribution in [0.1, 0.15) is 30.5 Å². The number of carbonyl (C=O) groups is 1. The van der Waals surface area contributed by atoms with E-state index in [9.17, 15) is 4.79 Å². The average molecular weight is 278 g/mol. The lowest BCUT2D eigenvalue weighted by molar-refractivity contribution is -0.124. The molecule has 5 heteroatoms. The molecule has 5 nitrogen and oxygen atoms in total. The third kappa shape index (κ3) is 3.11. The lowest BCUT2D eigenvalue weighted by Crippen LogP contribution is -2.45. The summed E-state index contributed by atoms with van der Waals surface area (Å²) in [5, 5.41) is 2.99. The molecular formula is C15H22N2O3. The largest absolute Gasteiger partial charge is 0.493 e. The van der Waals surface area contributed by atoms with E-state index in [1.807, 2.05) is 12.1 Å². The van der Waals surface area contributed by atoms with E-state index >= 15 is 0 Å². The van der Waals surface area contributed by atoms with Gasteiger partial charge >= 0.3 is 0 Å². The van der Waals surface area contributed by atoms with E-state index in [0.29, 0.717) is 6.61 Å². The molecule has 1 heterocycles. The van der Waals surface area contributed by atoms with Crippen LogP contribution in [0.3, 0.4) is 0 Å². The molecule has 0 bridgehead atoms. The zero-order valence-corrected chi connectivity index (χ0v) is 12.0. The number of hydrogen-bond donors (Lipinski definition) is 2. The van der Waals surface area contributed by atoms with E-state index in [-0.39, 0.29) is 18.6 Å². The molecule has 2 atom stereocenters. The van der Waals surface area contributed by atoms with Crippen molar-refractivity contribution in [2.45, 2.75) is 31.8 Å². The molecule has 0 aromatic heterocycles. The lowest BCUT2D eigenvalue weighted by Gasteiger charge is -2.29. The zero-order chi connectivity index (χ0) is 14.5. The van der Waals surface area contributed by atoms with Crippen LogP contribution in [-0.2, 0) is 16.0 Å². The van der Waals surface area contributed by atoms with Gasteiger partial charge < -0.3 is 20.5 Å². The fourth-order valence-electron chi connectivity index (χ4n) is 2.45. The number of para-hydroxylation sites is 1. The molecule has 0 spiro atoms. The molecule has 0 saturated heterocycles. The van der Waals surface area contributed by atoms with Crippen LogP contribution in [0.15, 0.2) is 18.2 Å². The Morgan fingerprint density at radius 2 is 2.40 bits per heavy atom. The van der Waals surface area contributed by atoms with Gasteiger partial charge in [0, 0.05) is 19.1 Å². The molecule has 1 amide bonds. The second-order valence-corrected chi connectivity index (χ2v) is 4.95. The molecule has 1 aromatic carbocycles. The Morgan fingerprint density at radius 3 is 3.10 bits per heavy atom. The highest BCUT2D eigenvalue weighted by Gasteiger charge is 2.26. The van der Waals surface area contributed by atoms with Crippen LogP contribution in [-0.4, -0.2) is 32.3 Å². The van der Waals surface area contributed by atoms with Crippen molar-refractivity contribution in [3.05, 3.63) is 29.3 Å². The number of fused-ring (bicyclic) bond motifs is 1. The highest BCUT2D eigenvalue weighted by molar-refractivity contribution is 5.82. The van der Waals surface area contributed by atoms with Crippen molar-refractivity contribution in [3.8, 4) is 5.75 Å². The molecular weight excluding hydrogens is 256 g/mol. The summed E-state index contributed by atoms with van der Waals surface area (Å²) in [6.07, 6.45) is 1.67. The van der Waals surface area contributed by atoms with Gasteiger partial charge in [-0.15, -0.1) is 0 Å². The predicted octanol–water partition coefficient (Wildman–Crippen LogP) is 1.16. The topological polar surface area (TPSA) is 73.6 Å². The summed E-state index contributed by atoms with van der Waals surface area (Å²) < 4.78 is 10.7. The number of nitrogens with one attached hydrogen (secondary N) is 1. The zero-order valence-electron chi connectivity index (χ0n) is 12.0. The SMILES string of the molecule is CCc1cccc2c1OCCC2NC(=O)C(N)COC. The number of hydrogen-bond acceptors (Lipinski definition) is 4. The van der Waals surface area contributed by atoms with Gasteiger partial charge in [0.25, 0.3) is 0 Å². The number of carbonyl (C=O) groups excluding carboxylic acids is 1. The summed E-state index contributed by atoms with van der Waals surface area (Å²) in [5.41, 5.74) is 7.96. The Labute approximate surface area is 119 Å². The van der Waals surface area contributed by atoms with Crippen LogP contribution in [0.4, 0.5) is 0 Å². The minimum absolute atomic E-state index is 0.0411. The van der Waals surface area contributed by atoms with Crippen molar-refractivity contribution >= 4 is 5.91 Å². The van der Waals surface area contributed by atoms with Gasteiger partial charge in [-0.1, -0.05) is 25.1 Å². The van der Waals surface area contributed by atoms with Gasteiger partial charge in [-0.25, -0.2) is 0 Å². The molecule has 0 saturated carbocycles. The molecule has 2 rings (SSSR count). The molecule has 0 radical (unpaired) electrons. The Balaban J connectivity index is 2.15. The number of aryl methyl sites for hydroxylation is 1. The van der Waals surface area contributed by atoms with E-state index in [4.69, 9.17) is 15.2 Å². The summed E-state index contributed by atoms with van der Waals surface area (Å²) in [4.78, 5) is 12.0. The Bertz CT molecular complexity index is 476. The number of amides is 1. The first kappa shape index (κ1) is 14.8. The normalized spacial score (nSPS) is 18.9. The number of benzene rings is 1. The summed E-state index contributed by atoms with van der Waals surface area (Å²) in [6.45, 7) is 2.92. The second kappa shape index (κ2) is 6.72. The average Bonchev–Trinajstić information content (AvgIpc) is 2.47. The number of rotatable bonds is 5. The van der Waals surface area contributed by atoms with Crippen molar-refractivity contribution in [2.75, 3.05) is 20.3 Å². The summed E-state index contributed by atoms with van der Waals surface area (Å²) in [7, 11) is 1.53. The summed E-state index contributed by atoms with van der Waals surface area (Å²) in [5.74, 6) is 0.721. The maximum Gasteiger partial charge on any atom is 0.239 e.